The van der Waals surface area contributed by atoms with Gasteiger partial charge in [-0.15, -0.1) is 0 Å². The number of hydrogen-bond donors (Lipinski definition) is 1. The van der Waals surface area contributed by atoms with Gasteiger partial charge < -0.3 is 10.5 Å². The summed E-state index contributed by atoms with van der Waals surface area (Å²) in [6.07, 6.45) is 1.15. The molecule has 0 radical (unpaired) electrons. The molecule has 0 amide bonds. The number of anilines is 1. The lowest BCUT2D eigenvalue weighted by Crippen LogP contribution is -1.96. The summed E-state index contributed by atoms with van der Waals surface area (Å²) in [6, 6.07) is 9.11. The molecule has 7 heteroatoms. The highest BCUT2D eigenvalue weighted by molar-refractivity contribution is 7.99. The van der Waals surface area contributed by atoms with Gasteiger partial charge >= 0.3 is 0 Å². The Morgan fingerprint density at radius 2 is 1.81 bits per heavy atom. The Bertz CT molecular complexity index is 759. The van der Waals surface area contributed by atoms with Crippen molar-refractivity contribution in [1.82, 2.24) is 0 Å². The van der Waals surface area contributed by atoms with E-state index in [-0.39, 0.29) is 10.6 Å². The summed E-state index contributed by atoms with van der Waals surface area (Å²) >= 11 is 1.31. The number of methoxy groups -OCH3 is 1. The van der Waals surface area contributed by atoms with Crippen LogP contribution < -0.4 is 10.5 Å². The Hall–Kier alpha value is -1.73. The molecule has 0 atom stereocenters. The number of ether oxygens (including phenoxy) is 1. The molecular formula is C14H14FNO3S2. The standard InChI is InChI=1S/C14H14FNO3S2/c1-19-13-8-14(12(16)7-11(13)15)20-9-3-5-10(6-4-9)21(2,17)18/h3-8H,16H2,1-2H3. The molecule has 0 aromatic heterocycles. The van der Waals surface area contributed by atoms with Crippen molar-refractivity contribution in [2.75, 3.05) is 19.1 Å². The molecule has 2 rings (SSSR count). The number of rotatable bonds is 4. The van der Waals surface area contributed by atoms with E-state index in [0.29, 0.717) is 10.6 Å². The quantitative estimate of drug-likeness (QED) is 0.874. The van der Waals surface area contributed by atoms with E-state index < -0.39 is 15.7 Å². The van der Waals surface area contributed by atoms with E-state index in [1.165, 1.54) is 43.1 Å². The Kier molecular flexibility index (Phi) is 4.43. The Morgan fingerprint density at radius 1 is 1.19 bits per heavy atom. The molecule has 0 aliphatic heterocycles. The highest BCUT2D eigenvalue weighted by Gasteiger charge is 2.11. The highest BCUT2D eigenvalue weighted by Crippen LogP contribution is 2.36. The fourth-order valence-electron chi connectivity index (χ4n) is 1.68. The maximum atomic E-state index is 13.5. The third-order valence-corrected chi connectivity index (χ3v) is 4.97. The van der Waals surface area contributed by atoms with Crippen LogP contribution in [0.25, 0.3) is 0 Å². The molecule has 0 saturated carbocycles. The predicted molar refractivity (Wildman–Crippen MR) is 81.0 cm³/mol. The number of nitrogen functional groups attached to an aromatic ring is 1. The fraction of sp³-hybridized carbons (Fsp3) is 0.143. The van der Waals surface area contributed by atoms with Crippen LogP contribution in [0.5, 0.6) is 5.75 Å². The van der Waals surface area contributed by atoms with Crippen LogP contribution in [0.1, 0.15) is 0 Å². The first kappa shape index (κ1) is 15.7. The van der Waals surface area contributed by atoms with Gasteiger partial charge in [0.1, 0.15) is 0 Å². The van der Waals surface area contributed by atoms with Crippen LogP contribution in [0.4, 0.5) is 10.1 Å². The summed E-state index contributed by atoms with van der Waals surface area (Å²) < 4.78 is 41.2. The first-order valence-corrected chi connectivity index (χ1v) is 8.63. The van der Waals surface area contributed by atoms with Crippen molar-refractivity contribution in [3.05, 3.63) is 42.2 Å². The fourth-order valence-corrected chi connectivity index (χ4v) is 3.18. The van der Waals surface area contributed by atoms with E-state index in [9.17, 15) is 12.8 Å². The monoisotopic (exact) mass is 327 g/mol. The molecule has 0 unspecified atom stereocenters. The number of nitrogens with two attached hydrogens (primary N) is 1. The van der Waals surface area contributed by atoms with Gasteiger partial charge in [0.2, 0.25) is 0 Å². The third kappa shape index (κ3) is 3.68. The van der Waals surface area contributed by atoms with Crippen molar-refractivity contribution in [2.45, 2.75) is 14.7 Å². The van der Waals surface area contributed by atoms with Crippen LogP contribution in [0.15, 0.2) is 51.1 Å². The molecule has 0 aliphatic carbocycles. The minimum Gasteiger partial charge on any atom is -0.494 e. The molecule has 0 bridgehead atoms. The summed E-state index contributed by atoms with van der Waals surface area (Å²) in [5.74, 6) is -0.411. The molecular weight excluding hydrogens is 313 g/mol. The minimum absolute atomic E-state index is 0.111. The lowest BCUT2D eigenvalue weighted by molar-refractivity contribution is 0.385. The summed E-state index contributed by atoms with van der Waals surface area (Å²) in [5.41, 5.74) is 6.08. The van der Waals surface area contributed by atoms with E-state index in [2.05, 4.69) is 0 Å². The van der Waals surface area contributed by atoms with Crippen molar-refractivity contribution in [3.8, 4) is 5.75 Å². The van der Waals surface area contributed by atoms with E-state index in [4.69, 9.17) is 10.5 Å². The molecule has 4 nitrogen and oxygen atoms in total. The molecule has 0 heterocycles. The van der Waals surface area contributed by atoms with Gasteiger partial charge in [0.15, 0.2) is 21.4 Å². The third-order valence-electron chi connectivity index (χ3n) is 2.76. The predicted octanol–water partition coefficient (Wildman–Crippen LogP) is 2.97. The van der Waals surface area contributed by atoms with E-state index in [0.717, 1.165) is 11.2 Å². The van der Waals surface area contributed by atoms with Crippen LogP contribution in [-0.4, -0.2) is 21.8 Å². The van der Waals surface area contributed by atoms with Gasteiger partial charge in [-0.1, -0.05) is 11.8 Å². The number of benzene rings is 2. The molecule has 2 aromatic carbocycles. The Labute approximate surface area is 127 Å². The van der Waals surface area contributed by atoms with Gasteiger partial charge in [-0.05, 0) is 30.3 Å². The van der Waals surface area contributed by atoms with Crippen molar-refractivity contribution < 1.29 is 17.5 Å². The Morgan fingerprint density at radius 3 is 2.33 bits per heavy atom. The zero-order chi connectivity index (χ0) is 15.6. The van der Waals surface area contributed by atoms with E-state index >= 15 is 0 Å². The average Bonchev–Trinajstić information content (AvgIpc) is 2.41. The maximum Gasteiger partial charge on any atom is 0.175 e. The van der Waals surface area contributed by atoms with Gasteiger partial charge in [-0.3, -0.25) is 0 Å². The van der Waals surface area contributed by atoms with Gasteiger partial charge in [0.25, 0.3) is 0 Å². The van der Waals surface area contributed by atoms with Gasteiger partial charge in [-0.25, -0.2) is 12.8 Å². The van der Waals surface area contributed by atoms with Crippen molar-refractivity contribution >= 4 is 27.3 Å². The average molecular weight is 327 g/mol. The second-order valence-corrected chi connectivity index (χ2v) is 7.50. The normalized spacial score (nSPS) is 11.4. The number of hydrogen-bond acceptors (Lipinski definition) is 5. The summed E-state index contributed by atoms with van der Waals surface area (Å²) in [7, 11) is -1.84. The zero-order valence-corrected chi connectivity index (χ0v) is 13.1. The zero-order valence-electron chi connectivity index (χ0n) is 11.5. The molecule has 21 heavy (non-hydrogen) atoms. The summed E-state index contributed by atoms with van der Waals surface area (Å²) in [5, 5.41) is 0. The molecule has 112 valence electrons. The van der Waals surface area contributed by atoms with Crippen LogP contribution in [0, 0.1) is 5.82 Å². The smallest absolute Gasteiger partial charge is 0.175 e. The largest absolute Gasteiger partial charge is 0.494 e. The van der Waals surface area contributed by atoms with Crippen LogP contribution in [-0.2, 0) is 9.84 Å². The first-order chi connectivity index (χ1) is 9.81. The van der Waals surface area contributed by atoms with Crippen molar-refractivity contribution in [2.24, 2.45) is 0 Å². The van der Waals surface area contributed by atoms with Crippen LogP contribution >= 0.6 is 11.8 Å². The van der Waals surface area contributed by atoms with Crippen LogP contribution in [0.2, 0.25) is 0 Å². The lowest BCUT2D eigenvalue weighted by Gasteiger charge is -2.09. The number of sulfone groups is 1. The molecule has 0 fully saturated rings. The topological polar surface area (TPSA) is 69.4 Å². The Balaban J connectivity index is 2.30. The van der Waals surface area contributed by atoms with Gasteiger partial charge in [0, 0.05) is 27.8 Å². The molecule has 0 saturated heterocycles. The molecule has 0 aliphatic rings. The van der Waals surface area contributed by atoms with E-state index in [1.54, 1.807) is 12.1 Å². The van der Waals surface area contributed by atoms with Crippen LogP contribution in [0.3, 0.4) is 0 Å². The van der Waals surface area contributed by atoms with Crippen molar-refractivity contribution in [1.29, 1.82) is 0 Å². The lowest BCUT2D eigenvalue weighted by atomic mass is 10.3. The number of halogens is 1. The second kappa shape index (κ2) is 5.95. The van der Waals surface area contributed by atoms with Gasteiger partial charge in [-0.2, -0.15) is 0 Å². The second-order valence-electron chi connectivity index (χ2n) is 4.37. The SMILES string of the molecule is COc1cc(Sc2ccc(S(C)(=O)=O)cc2)c(N)cc1F. The van der Waals surface area contributed by atoms with E-state index in [1.807, 2.05) is 0 Å². The summed E-state index contributed by atoms with van der Waals surface area (Å²) in [4.78, 5) is 1.68. The minimum atomic E-state index is -3.22. The first-order valence-electron chi connectivity index (χ1n) is 5.92. The maximum absolute atomic E-state index is 13.5. The van der Waals surface area contributed by atoms with Gasteiger partial charge in [0.05, 0.1) is 12.0 Å². The molecule has 2 aromatic rings. The summed E-state index contributed by atoms with van der Waals surface area (Å²) in [6.45, 7) is 0. The van der Waals surface area contributed by atoms with Crippen molar-refractivity contribution in [3.63, 3.8) is 0 Å². The highest BCUT2D eigenvalue weighted by atomic mass is 32.2. The molecule has 2 N–H and O–H groups in total. The molecule has 0 spiro atoms.